The van der Waals surface area contributed by atoms with Crippen LogP contribution in [0.15, 0.2) is 22.7 Å². The molecule has 0 radical (unpaired) electrons. The third-order valence-electron chi connectivity index (χ3n) is 2.61. The summed E-state index contributed by atoms with van der Waals surface area (Å²) < 4.78 is 12.4. The summed E-state index contributed by atoms with van der Waals surface area (Å²) in [4.78, 5) is 0. The third kappa shape index (κ3) is 2.39. The molecule has 2 N–H and O–H groups in total. The number of fused-ring (bicyclic) bond motifs is 1. The lowest BCUT2D eigenvalue weighted by Gasteiger charge is -2.25. The summed E-state index contributed by atoms with van der Waals surface area (Å²) in [6.07, 6.45) is 0. The van der Waals surface area contributed by atoms with E-state index in [0.717, 1.165) is 15.6 Å². The molecule has 0 fully saturated rings. The van der Waals surface area contributed by atoms with Gasteiger partial charge in [0.25, 0.3) is 0 Å². The van der Waals surface area contributed by atoms with Crippen LogP contribution in [0.2, 0.25) is 0 Å². The Morgan fingerprint density at radius 2 is 2.00 bits per heavy atom. The summed E-state index contributed by atoms with van der Waals surface area (Å²) in [5.74, 6) is -0.661. The van der Waals surface area contributed by atoms with Crippen molar-refractivity contribution in [3.8, 4) is 0 Å². The highest BCUT2D eigenvalue weighted by molar-refractivity contribution is 9.10. The lowest BCUT2D eigenvalue weighted by Crippen LogP contribution is -2.39. The number of benzene rings is 1. The van der Waals surface area contributed by atoms with E-state index in [2.05, 4.69) is 22.0 Å². The van der Waals surface area contributed by atoms with Crippen LogP contribution in [-0.2, 0) is 22.7 Å². The number of nitrogens with two attached hydrogens (primary N) is 1. The highest BCUT2D eigenvalue weighted by Crippen LogP contribution is 2.26. The monoisotopic (exact) mass is 271 g/mol. The first-order chi connectivity index (χ1) is 7.13. The smallest absolute Gasteiger partial charge is 0.178 e. The Labute approximate surface area is 97.7 Å². The Hall–Kier alpha value is -0.420. The molecule has 0 bridgehead atoms. The molecule has 1 aliphatic heterocycles. The van der Waals surface area contributed by atoms with Crippen LogP contribution in [-0.4, -0.2) is 12.3 Å². The van der Waals surface area contributed by atoms with Crippen LogP contribution in [0.5, 0.6) is 0 Å². The second kappa shape index (κ2) is 4.22. The predicted molar refractivity (Wildman–Crippen MR) is 61.2 cm³/mol. The summed E-state index contributed by atoms with van der Waals surface area (Å²) in [5.41, 5.74) is 7.93. The molecule has 1 aromatic rings. The molecule has 1 aromatic carbocycles. The van der Waals surface area contributed by atoms with E-state index in [1.165, 1.54) is 0 Å². The van der Waals surface area contributed by atoms with E-state index < -0.39 is 5.79 Å². The maximum absolute atomic E-state index is 5.65. The normalized spacial score (nSPS) is 25.8. The van der Waals surface area contributed by atoms with Gasteiger partial charge in [-0.2, -0.15) is 0 Å². The van der Waals surface area contributed by atoms with Gasteiger partial charge in [-0.3, -0.25) is 0 Å². The molecule has 0 saturated carbocycles. The van der Waals surface area contributed by atoms with Crippen molar-refractivity contribution in [2.24, 2.45) is 5.73 Å². The number of rotatable bonds is 1. The zero-order valence-electron chi connectivity index (χ0n) is 8.63. The average Bonchev–Trinajstić information content (AvgIpc) is 2.40. The van der Waals surface area contributed by atoms with Crippen molar-refractivity contribution >= 4 is 15.9 Å². The molecule has 0 aromatic heterocycles. The van der Waals surface area contributed by atoms with Gasteiger partial charge < -0.3 is 15.2 Å². The Balaban J connectivity index is 2.25. The molecular weight excluding hydrogens is 258 g/mol. The van der Waals surface area contributed by atoms with E-state index in [-0.39, 0.29) is 0 Å². The lowest BCUT2D eigenvalue weighted by atomic mass is 10.1. The summed E-state index contributed by atoms with van der Waals surface area (Å²) in [7, 11) is 0. The minimum Gasteiger partial charge on any atom is -0.344 e. The molecule has 1 atom stereocenters. The number of hydrogen-bond donors (Lipinski definition) is 1. The standard InChI is InChI=1S/C11H14BrNO2/c1-11(7-13)14-5-8-2-3-10(12)4-9(8)6-15-11/h2-4H,5-7,13H2,1H3. The summed E-state index contributed by atoms with van der Waals surface area (Å²) in [6, 6.07) is 6.11. The minimum atomic E-state index is -0.661. The molecule has 1 unspecified atom stereocenters. The fourth-order valence-corrected chi connectivity index (χ4v) is 1.90. The Morgan fingerprint density at radius 1 is 1.33 bits per heavy atom. The van der Waals surface area contributed by atoms with Gasteiger partial charge in [0.15, 0.2) is 5.79 Å². The molecule has 82 valence electrons. The molecule has 4 heteroatoms. The molecule has 0 aliphatic carbocycles. The first-order valence-corrected chi connectivity index (χ1v) is 5.67. The maximum atomic E-state index is 5.65. The summed E-state index contributed by atoms with van der Waals surface area (Å²) in [5, 5.41) is 0. The van der Waals surface area contributed by atoms with E-state index in [4.69, 9.17) is 15.2 Å². The molecular formula is C11H14BrNO2. The molecule has 15 heavy (non-hydrogen) atoms. The SMILES string of the molecule is CC1(CN)OCc2ccc(Br)cc2CO1. The number of hydrogen-bond acceptors (Lipinski definition) is 3. The van der Waals surface area contributed by atoms with E-state index in [0.29, 0.717) is 19.8 Å². The van der Waals surface area contributed by atoms with E-state index in [9.17, 15) is 0 Å². The van der Waals surface area contributed by atoms with Crippen molar-refractivity contribution in [2.75, 3.05) is 6.54 Å². The van der Waals surface area contributed by atoms with Crippen LogP contribution < -0.4 is 5.73 Å². The van der Waals surface area contributed by atoms with Gasteiger partial charge in [0.05, 0.1) is 13.2 Å². The van der Waals surface area contributed by atoms with Crippen molar-refractivity contribution in [1.82, 2.24) is 0 Å². The first-order valence-electron chi connectivity index (χ1n) is 4.88. The van der Waals surface area contributed by atoms with Crippen LogP contribution in [0.1, 0.15) is 18.1 Å². The van der Waals surface area contributed by atoms with Crippen molar-refractivity contribution in [3.63, 3.8) is 0 Å². The predicted octanol–water partition coefficient (Wildman–Crippen LogP) is 2.17. The van der Waals surface area contributed by atoms with Crippen molar-refractivity contribution < 1.29 is 9.47 Å². The van der Waals surface area contributed by atoms with Crippen LogP contribution in [0.4, 0.5) is 0 Å². The van der Waals surface area contributed by atoms with Crippen LogP contribution in [0, 0.1) is 0 Å². The molecule has 1 heterocycles. The van der Waals surface area contributed by atoms with Gasteiger partial charge in [0.2, 0.25) is 0 Å². The van der Waals surface area contributed by atoms with Gasteiger partial charge in [0.1, 0.15) is 0 Å². The van der Waals surface area contributed by atoms with Crippen LogP contribution >= 0.6 is 15.9 Å². The van der Waals surface area contributed by atoms with E-state index in [1.807, 2.05) is 19.1 Å². The zero-order chi connectivity index (χ0) is 10.9. The fourth-order valence-electron chi connectivity index (χ4n) is 1.49. The largest absolute Gasteiger partial charge is 0.344 e. The van der Waals surface area contributed by atoms with Gasteiger partial charge in [-0.25, -0.2) is 0 Å². The summed E-state index contributed by atoms with van der Waals surface area (Å²) in [6.45, 7) is 3.33. The number of halogens is 1. The van der Waals surface area contributed by atoms with Crippen molar-refractivity contribution in [2.45, 2.75) is 25.9 Å². The molecule has 3 nitrogen and oxygen atoms in total. The highest BCUT2D eigenvalue weighted by atomic mass is 79.9. The molecule has 0 spiro atoms. The van der Waals surface area contributed by atoms with E-state index in [1.54, 1.807) is 0 Å². The van der Waals surface area contributed by atoms with Crippen molar-refractivity contribution in [1.29, 1.82) is 0 Å². The van der Waals surface area contributed by atoms with Crippen molar-refractivity contribution in [3.05, 3.63) is 33.8 Å². The fraction of sp³-hybridized carbons (Fsp3) is 0.455. The molecule has 2 rings (SSSR count). The van der Waals surface area contributed by atoms with E-state index >= 15 is 0 Å². The lowest BCUT2D eigenvalue weighted by molar-refractivity contribution is -0.224. The summed E-state index contributed by atoms with van der Waals surface area (Å²) >= 11 is 3.44. The third-order valence-corrected chi connectivity index (χ3v) is 3.10. The Morgan fingerprint density at radius 3 is 2.67 bits per heavy atom. The van der Waals surface area contributed by atoms with Crippen LogP contribution in [0.25, 0.3) is 0 Å². The van der Waals surface area contributed by atoms with Gasteiger partial charge in [-0.1, -0.05) is 22.0 Å². The second-order valence-electron chi connectivity index (χ2n) is 3.83. The molecule has 1 aliphatic rings. The Kier molecular flexibility index (Phi) is 3.11. The van der Waals surface area contributed by atoms with Gasteiger partial charge in [0, 0.05) is 11.0 Å². The highest BCUT2D eigenvalue weighted by Gasteiger charge is 2.27. The van der Waals surface area contributed by atoms with Gasteiger partial charge >= 0.3 is 0 Å². The van der Waals surface area contributed by atoms with Crippen LogP contribution in [0.3, 0.4) is 0 Å². The first kappa shape index (κ1) is 11.1. The quantitative estimate of drug-likeness (QED) is 0.852. The van der Waals surface area contributed by atoms with Gasteiger partial charge in [-0.05, 0) is 30.2 Å². The zero-order valence-corrected chi connectivity index (χ0v) is 10.2. The van der Waals surface area contributed by atoms with Gasteiger partial charge in [-0.15, -0.1) is 0 Å². The maximum Gasteiger partial charge on any atom is 0.178 e. The molecule has 0 amide bonds. The topological polar surface area (TPSA) is 44.5 Å². The molecule has 0 saturated heterocycles. The minimum absolute atomic E-state index is 0.363. The second-order valence-corrected chi connectivity index (χ2v) is 4.74. The Bertz CT molecular complexity index is 370. The average molecular weight is 272 g/mol. The number of ether oxygens (including phenoxy) is 2.